The SMILES string of the molecule is CCCCCOc1ccc(C2NC(=O)NC(c3ccc(OC)cc3)=C2C(=O)OC(C)C)cc1OCC. The van der Waals surface area contributed by atoms with Crippen molar-refractivity contribution in [3.63, 3.8) is 0 Å². The lowest BCUT2D eigenvalue weighted by atomic mass is 9.92. The molecule has 0 saturated carbocycles. The topological polar surface area (TPSA) is 95.1 Å². The first-order valence-electron chi connectivity index (χ1n) is 12.4. The summed E-state index contributed by atoms with van der Waals surface area (Å²) in [5.41, 5.74) is 2.02. The molecule has 3 rings (SSSR count). The molecule has 1 aliphatic rings. The maximum Gasteiger partial charge on any atom is 0.338 e. The molecule has 0 aliphatic carbocycles. The molecule has 0 spiro atoms. The van der Waals surface area contributed by atoms with Gasteiger partial charge in [0.25, 0.3) is 0 Å². The van der Waals surface area contributed by atoms with Crippen molar-refractivity contribution in [3.8, 4) is 17.2 Å². The third-order valence-corrected chi connectivity index (χ3v) is 5.62. The van der Waals surface area contributed by atoms with Crippen LogP contribution in [0.2, 0.25) is 0 Å². The van der Waals surface area contributed by atoms with Crippen molar-refractivity contribution in [2.24, 2.45) is 0 Å². The van der Waals surface area contributed by atoms with Gasteiger partial charge in [0, 0.05) is 0 Å². The molecule has 1 aliphatic heterocycles. The number of hydrogen-bond acceptors (Lipinski definition) is 6. The van der Waals surface area contributed by atoms with Gasteiger partial charge in [-0.1, -0.05) is 25.8 Å². The molecule has 0 saturated heterocycles. The number of amides is 2. The summed E-state index contributed by atoms with van der Waals surface area (Å²) < 4.78 is 22.6. The number of esters is 1. The van der Waals surface area contributed by atoms with Gasteiger partial charge < -0.3 is 29.6 Å². The number of nitrogens with one attached hydrogen (secondary N) is 2. The van der Waals surface area contributed by atoms with E-state index < -0.39 is 18.0 Å². The fourth-order valence-corrected chi connectivity index (χ4v) is 3.92. The summed E-state index contributed by atoms with van der Waals surface area (Å²) in [5, 5.41) is 5.68. The van der Waals surface area contributed by atoms with E-state index in [1.54, 1.807) is 45.2 Å². The van der Waals surface area contributed by atoms with Gasteiger partial charge in [0.05, 0.1) is 43.7 Å². The molecule has 2 amide bonds. The minimum Gasteiger partial charge on any atom is -0.497 e. The maximum atomic E-state index is 13.3. The molecular formula is C28H36N2O6. The number of methoxy groups -OCH3 is 1. The van der Waals surface area contributed by atoms with Gasteiger partial charge >= 0.3 is 12.0 Å². The van der Waals surface area contributed by atoms with Crippen molar-refractivity contribution in [3.05, 3.63) is 59.2 Å². The molecule has 2 aromatic rings. The van der Waals surface area contributed by atoms with Crippen molar-refractivity contribution in [2.75, 3.05) is 20.3 Å². The van der Waals surface area contributed by atoms with E-state index in [9.17, 15) is 9.59 Å². The quantitative estimate of drug-likeness (QED) is 0.303. The Morgan fingerprint density at radius 1 is 1.00 bits per heavy atom. The highest BCUT2D eigenvalue weighted by molar-refractivity contribution is 6.04. The number of hydrogen-bond donors (Lipinski definition) is 2. The zero-order valence-corrected chi connectivity index (χ0v) is 21.7. The van der Waals surface area contributed by atoms with E-state index in [4.69, 9.17) is 18.9 Å². The van der Waals surface area contributed by atoms with Gasteiger partial charge in [-0.2, -0.15) is 0 Å². The van der Waals surface area contributed by atoms with E-state index in [-0.39, 0.29) is 6.10 Å². The molecule has 1 unspecified atom stereocenters. The van der Waals surface area contributed by atoms with Gasteiger partial charge in [0.1, 0.15) is 5.75 Å². The lowest BCUT2D eigenvalue weighted by molar-refractivity contribution is -0.143. The Kier molecular flexibility index (Phi) is 9.61. The van der Waals surface area contributed by atoms with Crippen molar-refractivity contribution in [2.45, 2.75) is 59.1 Å². The van der Waals surface area contributed by atoms with Crippen molar-refractivity contribution in [1.29, 1.82) is 0 Å². The Balaban J connectivity index is 2.06. The Labute approximate surface area is 213 Å². The zero-order valence-electron chi connectivity index (χ0n) is 21.7. The third kappa shape index (κ3) is 6.71. The van der Waals surface area contributed by atoms with Crippen LogP contribution < -0.4 is 24.8 Å². The highest BCUT2D eigenvalue weighted by Crippen LogP contribution is 2.37. The molecule has 1 heterocycles. The lowest BCUT2D eigenvalue weighted by Crippen LogP contribution is -2.45. The summed E-state index contributed by atoms with van der Waals surface area (Å²) >= 11 is 0. The van der Waals surface area contributed by atoms with Crippen LogP contribution in [0.15, 0.2) is 48.0 Å². The van der Waals surface area contributed by atoms with Crippen LogP contribution in [-0.4, -0.2) is 38.4 Å². The lowest BCUT2D eigenvalue weighted by Gasteiger charge is -2.30. The number of ether oxygens (including phenoxy) is 4. The van der Waals surface area contributed by atoms with E-state index in [1.807, 2.05) is 25.1 Å². The summed E-state index contributed by atoms with van der Waals surface area (Å²) in [4.78, 5) is 26.1. The Bertz CT molecular complexity index is 1080. The van der Waals surface area contributed by atoms with Gasteiger partial charge in [-0.3, -0.25) is 0 Å². The van der Waals surface area contributed by atoms with Crippen LogP contribution in [-0.2, 0) is 9.53 Å². The minimum absolute atomic E-state index is 0.299. The molecule has 1 atom stereocenters. The highest BCUT2D eigenvalue weighted by atomic mass is 16.5. The number of urea groups is 1. The van der Waals surface area contributed by atoms with Crippen LogP contribution in [0.3, 0.4) is 0 Å². The van der Waals surface area contributed by atoms with Crippen LogP contribution in [0.5, 0.6) is 17.2 Å². The van der Waals surface area contributed by atoms with Crippen molar-refractivity contribution >= 4 is 17.7 Å². The Morgan fingerprint density at radius 2 is 1.75 bits per heavy atom. The van der Waals surface area contributed by atoms with E-state index in [1.165, 1.54) is 0 Å². The summed E-state index contributed by atoms with van der Waals surface area (Å²) in [7, 11) is 1.58. The first-order chi connectivity index (χ1) is 17.4. The molecule has 0 bridgehead atoms. The highest BCUT2D eigenvalue weighted by Gasteiger charge is 2.35. The number of carbonyl (C=O) groups excluding carboxylic acids is 2. The second-order valence-electron chi connectivity index (χ2n) is 8.70. The second kappa shape index (κ2) is 12.9. The minimum atomic E-state index is -0.754. The van der Waals surface area contributed by atoms with Crippen molar-refractivity contribution < 1.29 is 28.5 Å². The van der Waals surface area contributed by atoms with Crippen LogP contribution in [0, 0.1) is 0 Å². The first kappa shape index (κ1) is 26.9. The standard InChI is InChI=1S/C28H36N2O6/c1-6-8-9-16-35-22-15-12-20(17-23(22)34-7-2)26-24(27(31)36-18(3)4)25(29-28(32)30-26)19-10-13-21(33-5)14-11-19/h10-15,17-18,26H,6-9,16H2,1-5H3,(H2,29,30,32). The zero-order chi connectivity index (χ0) is 26.1. The molecule has 2 aromatic carbocycles. The summed E-state index contributed by atoms with van der Waals surface area (Å²) in [5.74, 6) is 1.33. The van der Waals surface area contributed by atoms with Gasteiger partial charge in [-0.05, 0) is 74.7 Å². The van der Waals surface area contributed by atoms with Gasteiger partial charge in [0.15, 0.2) is 11.5 Å². The summed E-state index contributed by atoms with van der Waals surface area (Å²) in [6.45, 7) is 8.64. The van der Waals surface area contributed by atoms with Gasteiger partial charge in [-0.25, -0.2) is 9.59 Å². The van der Waals surface area contributed by atoms with Crippen LogP contribution in [0.1, 0.15) is 64.1 Å². The molecule has 2 N–H and O–H groups in total. The number of carbonyl (C=O) groups is 2. The van der Waals surface area contributed by atoms with Crippen LogP contribution >= 0.6 is 0 Å². The average molecular weight is 497 g/mol. The molecule has 8 heteroatoms. The molecule has 36 heavy (non-hydrogen) atoms. The fourth-order valence-electron chi connectivity index (χ4n) is 3.92. The summed E-state index contributed by atoms with van der Waals surface area (Å²) in [6, 6.07) is 11.4. The second-order valence-corrected chi connectivity index (χ2v) is 8.70. The van der Waals surface area contributed by atoms with Crippen molar-refractivity contribution in [1.82, 2.24) is 10.6 Å². The number of rotatable bonds is 12. The average Bonchev–Trinajstić information content (AvgIpc) is 2.86. The predicted molar refractivity (Wildman–Crippen MR) is 138 cm³/mol. The monoisotopic (exact) mass is 496 g/mol. The molecule has 8 nitrogen and oxygen atoms in total. The number of unbranched alkanes of at least 4 members (excludes halogenated alkanes) is 2. The van der Waals surface area contributed by atoms with E-state index in [0.29, 0.717) is 52.9 Å². The molecule has 0 radical (unpaired) electrons. The molecular weight excluding hydrogens is 460 g/mol. The normalized spacial score (nSPS) is 15.3. The third-order valence-electron chi connectivity index (χ3n) is 5.62. The summed E-state index contributed by atoms with van der Waals surface area (Å²) in [6.07, 6.45) is 2.81. The van der Waals surface area contributed by atoms with Gasteiger partial charge in [-0.15, -0.1) is 0 Å². The van der Waals surface area contributed by atoms with Gasteiger partial charge in [0.2, 0.25) is 0 Å². The largest absolute Gasteiger partial charge is 0.497 e. The van der Waals surface area contributed by atoms with Crippen LogP contribution in [0.4, 0.5) is 4.79 Å². The maximum absolute atomic E-state index is 13.3. The van der Waals surface area contributed by atoms with E-state index in [2.05, 4.69) is 17.6 Å². The van der Waals surface area contributed by atoms with E-state index in [0.717, 1.165) is 19.3 Å². The molecule has 0 fully saturated rings. The number of benzene rings is 2. The molecule has 194 valence electrons. The first-order valence-corrected chi connectivity index (χ1v) is 12.4. The predicted octanol–water partition coefficient (Wildman–Crippen LogP) is 5.38. The Morgan fingerprint density at radius 3 is 2.39 bits per heavy atom. The fraction of sp³-hybridized carbons (Fsp3) is 0.429. The van der Waals surface area contributed by atoms with E-state index >= 15 is 0 Å². The van der Waals surface area contributed by atoms with Crippen LogP contribution in [0.25, 0.3) is 5.70 Å². The molecule has 0 aromatic heterocycles. The smallest absolute Gasteiger partial charge is 0.338 e. The Hall–Kier alpha value is -3.68.